The third-order valence-electron chi connectivity index (χ3n) is 3.13. The molecule has 5 nitrogen and oxygen atoms in total. The van der Waals surface area contributed by atoms with Gasteiger partial charge in [-0.05, 0) is 25.0 Å². The standard InChI is InChI=1S/C13H15ClF3N3O2S/c1-23(21,22)18-5-3-2-4-12-19-10-6-8(13(15,16)17)9(14)7-11(10)20-12/h6-7,18H,2-5H2,1H3,(H,19,20). The number of imidazole rings is 1. The van der Waals surface area contributed by atoms with Crippen molar-refractivity contribution < 1.29 is 21.6 Å². The summed E-state index contributed by atoms with van der Waals surface area (Å²) in [5.41, 5.74) is -0.266. The van der Waals surface area contributed by atoms with E-state index < -0.39 is 21.8 Å². The number of sulfonamides is 1. The topological polar surface area (TPSA) is 74.8 Å². The summed E-state index contributed by atoms with van der Waals surface area (Å²) in [7, 11) is -3.21. The number of hydrogen-bond acceptors (Lipinski definition) is 3. The van der Waals surface area contributed by atoms with E-state index >= 15 is 0 Å². The van der Waals surface area contributed by atoms with E-state index in [1.54, 1.807) is 0 Å². The van der Waals surface area contributed by atoms with Gasteiger partial charge in [0.25, 0.3) is 0 Å². The maximum absolute atomic E-state index is 12.8. The number of nitrogens with one attached hydrogen (secondary N) is 2. The number of hydrogen-bond donors (Lipinski definition) is 2. The minimum absolute atomic E-state index is 0.269. The zero-order valence-electron chi connectivity index (χ0n) is 12.2. The summed E-state index contributed by atoms with van der Waals surface area (Å²) < 4.78 is 62.5. The number of rotatable bonds is 6. The second-order valence-electron chi connectivity index (χ2n) is 5.15. The van der Waals surface area contributed by atoms with Gasteiger partial charge >= 0.3 is 6.18 Å². The molecule has 1 heterocycles. The van der Waals surface area contributed by atoms with Gasteiger partial charge in [0.05, 0.1) is 27.9 Å². The molecule has 0 spiro atoms. The molecule has 0 saturated heterocycles. The number of halogens is 4. The third kappa shape index (κ3) is 5.08. The number of aryl methyl sites for hydroxylation is 1. The van der Waals surface area contributed by atoms with E-state index in [0.717, 1.165) is 12.3 Å². The normalized spacial score (nSPS) is 12.9. The zero-order valence-corrected chi connectivity index (χ0v) is 13.7. The average Bonchev–Trinajstić information content (AvgIpc) is 2.76. The number of unbranched alkanes of at least 4 members (excludes halogenated alkanes) is 1. The number of aromatic amines is 1. The van der Waals surface area contributed by atoms with E-state index in [9.17, 15) is 21.6 Å². The van der Waals surface area contributed by atoms with E-state index in [2.05, 4.69) is 14.7 Å². The molecule has 0 atom stereocenters. The van der Waals surface area contributed by atoms with Crippen molar-refractivity contribution in [2.45, 2.75) is 25.4 Å². The second kappa shape index (κ2) is 6.66. The lowest BCUT2D eigenvalue weighted by Gasteiger charge is -2.07. The largest absolute Gasteiger partial charge is 0.417 e. The molecule has 0 unspecified atom stereocenters. The van der Waals surface area contributed by atoms with Gasteiger partial charge < -0.3 is 4.98 Å². The highest BCUT2D eigenvalue weighted by atomic mass is 35.5. The van der Waals surface area contributed by atoms with Gasteiger partial charge in [-0.3, -0.25) is 0 Å². The molecule has 10 heteroatoms. The first kappa shape index (κ1) is 18.0. The summed E-state index contributed by atoms with van der Waals surface area (Å²) in [5.74, 6) is 0.537. The maximum Gasteiger partial charge on any atom is 0.417 e. The van der Waals surface area contributed by atoms with Crippen LogP contribution in [0.3, 0.4) is 0 Å². The molecule has 2 rings (SSSR count). The van der Waals surface area contributed by atoms with Crippen LogP contribution in [0.5, 0.6) is 0 Å². The molecule has 0 saturated carbocycles. The van der Waals surface area contributed by atoms with Crippen molar-refractivity contribution in [1.29, 1.82) is 0 Å². The zero-order chi connectivity index (χ0) is 17.3. The summed E-state index contributed by atoms with van der Waals surface area (Å²) in [4.78, 5) is 7.03. The number of fused-ring (bicyclic) bond motifs is 1. The fraction of sp³-hybridized carbons (Fsp3) is 0.462. The summed E-state index contributed by atoms with van der Waals surface area (Å²) >= 11 is 5.65. The molecule has 2 N–H and O–H groups in total. The number of nitrogens with zero attached hydrogens (tertiary/aromatic N) is 1. The summed E-state index contributed by atoms with van der Waals surface area (Å²) in [6, 6.07) is 2.13. The van der Waals surface area contributed by atoms with Crippen molar-refractivity contribution in [2.24, 2.45) is 0 Å². The minimum atomic E-state index is -4.52. The van der Waals surface area contributed by atoms with E-state index in [-0.39, 0.29) is 10.5 Å². The first-order chi connectivity index (χ1) is 10.6. The Hall–Kier alpha value is -1.32. The molecule has 128 valence electrons. The van der Waals surface area contributed by atoms with E-state index in [1.807, 2.05) is 0 Å². The second-order valence-corrected chi connectivity index (χ2v) is 7.39. The Labute approximate surface area is 136 Å². The van der Waals surface area contributed by atoms with Crippen LogP contribution in [0.15, 0.2) is 12.1 Å². The van der Waals surface area contributed by atoms with Gasteiger partial charge in [-0.2, -0.15) is 13.2 Å². The van der Waals surface area contributed by atoms with Crippen molar-refractivity contribution in [3.05, 3.63) is 28.5 Å². The fourth-order valence-corrected chi connectivity index (χ4v) is 2.88. The minimum Gasteiger partial charge on any atom is -0.342 e. The Kier molecular flexibility index (Phi) is 5.22. The number of benzene rings is 1. The lowest BCUT2D eigenvalue weighted by Crippen LogP contribution is -2.22. The molecule has 23 heavy (non-hydrogen) atoms. The smallest absolute Gasteiger partial charge is 0.342 e. The Bertz CT molecular complexity index is 803. The predicted octanol–water partition coefficient (Wildman–Crippen LogP) is 3.11. The predicted molar refractivity (Wildman–Crippen MR) is 81.9 cm³/mol. The van der Waals surface area contributed by atoms with Crippen LogP contribution in [0.4, 0.5) is 13.2 Å². The summed E-state index contributed by atoms with van der Waals surface area (Å²) in [5, 5.41) is -0.389. The highest BCUT2D eigenvalue weighted by Crippen LogP contribution is 2.36. The Morgan fingerprint density at radius 1 is 1.30 bits per heavy atom. The molecular weight excluding hydrogens is 355 g/mol. The van der Waals surface area contributed by atoms with Crippen LogP contribution < -0.4 is 4.72 Å². The highest BCUT2D eigenvalue weighted by molar-refractivity contribution is 7.88. The molecule has 0 bridgehead atoms. The quantitative estimate of drug-likeness (QED) is 0.768. The molecule has 0 aliphatic carbocycles. The van der Waals surface area contributed by atoms with Crippen molar-refractivity contribution in [3.8, 4) is 0 Å². The van der Waals surface area contributed by atoms with Gasteiger partial charge in [0.2, 0.25) is 10.0 Å². The van der Waals surface area contributed by atoms with Crippen molar-refractivity contribution in [3.63, 3.8) is 0 Å². The SMILES string of the molecule is CS(=O)(=O)NCCCCc1nc2cc(Cl)c(C(F)(F)F)cc2[nH]1. The van der Waals surface area contributed by atoms with Crippen molar-refractivity contribution >= 4 is 32.7 Å². The van der Waals surface area contributed by atoms with Crippen molar-refractivity contribution in [1.82, 2.24) is 14.7 Å². The van der Waals surface area contributed by atoms with Crippen LogP contribution in [0, 0.1) is 0 Å². The molecule has 0 aliphatic heterocycles. The Morgan fingerprint density at radius 2 is 2.00 bits per heavy atom. The molecule has 0 amide bonds. The Balaban J connectivity index is 2.03. The molecular formula is C13H15ClF3N3O2S. The van der Waals surface area contributed by atoms with Gasteiger partial charge in [-0.1, -0.05) is 11.6 Å². The van der Waals surface area contributed by atoms with Gasteiger partial charge in [-0.25, -0.2) is 18.1 Å². The number of H-pyrrole nitrogens is 1. The fourth-order valence-electron chi connectivity index (χ4n) is 2.09. The van der Waals surface area contributed by atoms with Gasteiger partial charge in [0.1, 0.15) is 5.82 Å². The van der Waals surface area contributed by atoms with Crippen LogP contribution in [-0.2, 0) is 22.6 Å². The van der Waals surface area contributed by atoms with Crippen LogP contribution in [0.2, 0.25) is 5.02 Å². The van der Waals surface area contributed by atoms with Crippen LogP contribution >= 0.6 is 11.6 Å². The van der Waals surface area contributed by atoms with E-state index in [1.165, 1.54) is 6.07 Å². The maximum atomic E-state index is 12.8. The average molecular weight is 370 g/mol. The molecule has 1 aromatic carbocycles. The Morgan fingerprint density at radius 3 is 2.61 bits per heavy atom. The first-order valence-electron chi connectivity index (χ1n) is 6.76. The molecule has 2 aromatic rings. The van der Waals surface area contributed by atoms with E-state index in [4.69, 9.17) is 11.6 Å². The molecule has 0 radical (unpaired) electrons. The van der Waals surface area contributed by atoms with Crippen LogP contribution in [-0.4, -0.2) is 31.2 Å². The lowest BCUT2D eigenvalue weighted by molar-refractivity contribution is -0.137. The van der Waals surface area contributed by atoms with E-state index in [0.29, 0.717) is 37.1 Å². The molecule has 1 aromatic heterocycles. The molecule has 0 fully saturated rings. The molecule has 0 aliphatic rings. The lowest BCUT2D eigenvalue weighted by atomic mass is 10.2. The number of alkyl halides is 3. The highest BCUT2D eigenvalue weighted by Gasteiger charge is 2.33. The van der Waals surface area contributed by atoms with Crippen molar-refractivity contribution in [2.75, 3.05) is 12.8 Å². The van der Waals surface area contributed by atoms with Gasteiger partial charge in [-0.15, -0.1) is 0 Å². The van der Waals surface area contributed by atoms with Crippen LogP contribution in [0.25, 0.3) is 11.0 Å². The first-order valence-corrected chi connectivity index (χ1v) is 9.03. The number of aromatic nitrogens is 2. The van der Waals surface area contributed by atoms with Gasteiger partial charge in [0, 0.05) is 13.0 Å². The summed E-state index contributed by atoms with van der Waals surface area (Å²) in [6.07, 6.45) is -1.71. The van der Waals surface area contributed by atoms with Gasteiger partial charge in [0.15, 0.2) is 0 Å². The summed E-state index contributed by atoms with van der Waals surface area (Å²) in [6.45, 7) is 0.309. The monoisotopic (exact) mass is 369 g/mol. The third-order valence-corrected chi connectivity index (χ3v) is 4.17. The van der Waals surface area contributed by atoms with Crippen LogP contribution in [0.1, 0.15) is 24.2 Å².